The van der Waals surface area contributed by atoms with Gasteiger partial charge in [-0.1, -0.05) is 18.2 Å². The number of nitrogens with zero attached hydrogens (tertiary/aromatic N) is 1. The lowest BCUT2D eigenvalue weighted by molar-refractivity contribution is -0.384. The van der Waals surface area contributed by atoms with Crippen molar-refractivity contribution in [3.8, 4) is 0 Å². The molecule has 0 fully saturated rings. The molecule has 0 saturated heterocycles. The molecule has 0 heterocycles. The van der Waals surface area contributed by atoms with E-state index >= 15 is 0 Å². The van der Waals surface area contributed by atoms with Gasteiger partial charge in [0.05, 0.1) is 4.92 Å². The van der Waals surface area contributed by atoms with Gasteiger partial charge < -0.3 is 15.5 Å². The third-order valence-electron chi connectivity index (χ3n) is 3.90. The number of carbonyl (C=O) groups is 2. The van der Waals surface area contributed by atoms with Crippen molar-refractivity contribution in [3.63, 3.8) is 0 Å². The van der Waals surface area contributed by atoms with Crippen molar-refractivity contribution < 1.29 is 24.7 Å². The zero-order valence-corrected chi connectivity index (χ0v) is 13.8. The van der Waals surface area contributed by atoms with Crippen LogP contribution in [0.25, 0.3) is 0 Å². The van der Waals surface area contributed by atoms with Crippen LogP contribution in [0.5, 0.6) is 0 Å². The number of aliphatic carboxylic acids is 2. The molecule has 3 rings (SSSR count). The topological polar surface area (TPSA) is 130 Å². The van der Waals surface area contributed by atoms with E-state index < -0.39 is 11.9 Å². The Bertz CT molecular complexity index is 822. The number of fused-ring (bicyclic) bond motifs is 1. The molecule has 8 heteroatoms. The number of nitrogens with one attached hydrogen (secondary N) is 1. The average Bonchev–Trinajstić information content (AvgIpc) is 3.08. The van der Waals surface area contributed by atoms with Crippen LogP contribution in [-0.4, -0.2) is 27.1 Å². The minimum atomic E-state index is -1.82. The highest BCUT2D eigenvalue weighted by Gasteiger charge is 2.11. The van der Waals surface area contributed by atoms with E-state index in [-0.39, 0.29) is 10.6 Å². The van der Waals surface area contributed by atoms with E-state index in [1.54, 1.807) is 12.1 Å². The van der Waals surface area contributed by atoms with Crippen molar-refractivity contribution in [2.24, 2.45) is 0 Å². The van der Waals surface area contributed by atoms with Gasteiger partial charge in [-0.15, -0.1) is 0 Å². The fourth-order valence-electron chi connectivity index (χ4n) is 2.67. The maximum Gasteiger partial charge on any atom is 0.414 e. The number of rotatable bonds is 4. The lowest BCUT2D eigenvalue weighted by atomic mass is 10.1. The molecule has 0 spiro atoms. The highest BCUT2D eigenvalue weighted by Crippen LogP contribution is 2.25. The number of carboxylic acid groups (broad SMARTS) is 2. The summed E-state index contributed by atoms with van der Waals surface area (Å²) in [5.41, 5.74) is 5.01. The number of hydrogen-bond donors (Lipinski definition) is 3. The Balaban J connectivity index is 0.000000352. The highest BCUT2D eigenvalue weighted by molar-refractivity contribution is 6.27. The minimum absolute atomic E-state index is 0.137. The van der Waals surface area contributed by atoms with E-state index in [2.05, 4.69) is 23.5 Å². The third-order valence-corrected chi connectivity index (χ3v) is 3.90. The monoisotopic (exact) mass is 358 g/mol. The van der Waals surface area contributed by atoms with E-state index in [9.17, 15) is 10.1 Å². The molecule has 0 amide bonds. The van der Waals surface area contributed by atoms with Gasteiger partial charge in [-0.05, 0) is 48.1 Å². The first kappa shape index (κ1) is 18.9. The SMILES string of the molecule is O=C(O)C(=O)O.O=[N+]([O-])c1cccc(CNc2ccc3c(c2)CCC3)c1. The molecule has 0 aliphatic heterocycles. The fraction of sp³-hybridized carbons (Fsp3) is 0.222. The van der Waals surface area contributed by atoms with Gasteiger partial charge in [-0.3, -0.25) is 10.1 Å². The summed E-state index contributed by atoms with van der Waals surface area (Å²) in [7, 11) is 0. The second kappa shape index (κ2) is 8.61. The second-order valence-electron chi connectivity index (χ2n) is 5.73. The van der Waals surface area contributed by atoms with Crippen molar-refractivity contribution in [1.29, 1.82) is 0 Å². The van der Waals surface area contributed by atoms with Crippen molar-refractivity contribution in [3.05, 3.63) is 69.3 Å². The van der Waals surface area contributed by atoms with E-state index in [1.807, 2.05) is 6.07 Å². The molecule has 26 heavy (non-hydrogen) atoms. The van der Waals surface area contributed by atoms with Gasteiger partial charge in [0.1, 0.15) is 0 Å². The van der Waals surface area contributed by atoms with E-state index in [0.29, 0.717) is 6.54 Å². The van der Waals surface area contributed by atoms with Gasteiger partial charge in [0.15, 0.2) is 0 Å². The van der Waals surface area contributed by atoms with Crippen LogP contribution in [0.4, 0.5) is 11.4 Å². The van der Waals surface area contributed by atoms with Crippen LogP contribution in [0.2, 0.25) is 0 Å². The first-order valence-corrected chi connectivity index (χ1v) is 7.92. The largest absolute Gasteiger partial charge is 0.473 e. The van der Waals surface area contributed by atoms with Crippen LogP contribution in [-0.2, 0) is 29.0 Å². The molecule has 2 aromatic rings. The molecule has 0 atom stereocenters. The van der Waals surface area contributed by atoms with Crippen molar-refractivity contribution >= 4 is 23.3 Å². The first-order valence-electron chi connectivity index (χ1n) is 7.92. The fourth-order valence-corrected chi connectivity index (χ4v) is 2.67. The number of benzene rings is 2. The number of nitro benzene ring substituents is 1. The molecular weight excluding hydrogens is 340 g/mol. The Morgan fingerprint density at radius 2 is 1.73 bits per heavy atom. The molecule has 1 aliphatic rings. The summed E-state index contributed by atoms with van der Waals surface area (Å²) >= 11 is 0. The van der Waals surface area contributed by atoms with Gasteiger partial charge in [0.2, 0.25) is 0 Å². The molecule has 0 saturated carbocycles. The lowest BCUT2D eigenvalue weighted by Gasteiger charge is -2.08. The van der Waals surface area contributed by atoms with E-state index in [4.69, 9.17) is 19.8 Å². The van der Waals surface area contributed by atoms with Crippen LogP contribution >= 0.6 is 0 Å². The van der Waals surface area contributed by atoms with Gasteiger partial charge in [0.25, 0.3) is 5.69 Å². The molecule has 0 bridgehead atoms. The predicted molar refractivity (Wildman–Crippen MR) is 94.2 cm³/mol. The van der Waals surface area contributed by atoms with Gasteiger partial charge >= 0.3 is 11.9 Å². The predicted octanol–water partition coefficient (Wildman–Crippen LogP) is 2.85. The number of carboxylic acids is 2. The molecular formula is C18H18N2O6. The van der Waals surface area contributed by atoms with Gasteiger partial charge in [0, 0.05) is 24.4 Å². The van der Waals surface area contributed by atoms with Crippen LogP contribution in [0.3, 0.4) is 0 Å². The molecule has 2 aromatic carbocycles. The Labute approximate surface area is 149 Å². The number of anilines is 1. The van der Waals surface area contributed by atoms with E-state index in [0.717, 1.165) is 17.7 Å². The summed E-state index contributed by atoms with van der Waals surface area (Å²) < 4.78 is 0. The van der Waals surface area contributed by atoms with Crippen LogP contribution < -0.4 is 5.32 Å². The van der Waals surface area contributed by atoms with Crippen molar-refractivity contribution in [1.82, 2.24) is 0 Å². The standard InChI is InChI=1S/C16H16N2O2.C2H2O4/c19-18(20)16-6-1-3-12(9-16)11-17-15-8-7-13-4-2-5-14(13)10-15;3-1(4)2(5)6/h1,3,6-10,17H,2,4-5,11H2;(H,3,4)(H,5,6). The summed E-state index contributed by atoms with van der Waals surface area (Å²) in [5, 5.41) is 28.9. The maximum absolute atomic E-state index is 10.7. The zero-order chi connectivity index (χ0) is 19.1. The maximum atomic E-state index is 10.7. The van der Waals surface area contributed by atoms with Crippen LogP contribution in [0.1, 0.15) is 23.1 Å². The smallest absolute Gasteiger partial charge is 0.414 e. The molecule has 0 aromatic heterocycles. The number of aryl methyl sites for hydroxylation is 2. The van der Waals surface area contributed by atoms with Gasteiger partial charge in [-0.25, -0.2) is 9.59 Å². The molecule has 1 aliphatic carbocycles. The molecule has 136 valence electrons. The van der Waals surface area contributed by atoms with E-state index in [1.165, 1.54) is 30.0 Å². The summed E-state index contributed by atoms with van der Waals surface area (Å²) in [6, 6.07) is 13.2. The van der Waals surface area contributed by atoms with Gasteiger partial charge in [-0.2, -0.15) is 0 Å². The highest BCUT2D eigenvalue weighted by atomic mass is 16.6. The minimum Gasteiger partial charge on any atom is -0.473 e. The Hall–Kier alpha value is -3.42. The molecule has 3 N–H and O–H groups in total. The molecule has 0 radical (unpaired) electrons. The summed E-state index contributed by atoms with van der Waals surface area (Å²) in [6.45, 7) is 0.598. The van der Waals surface area contributed by atoms with Crippen molar-refractivity contribution in [2.75, 3.05) is 5.32 Å². The Kier molecular flexibility index (Phi) is 6.26. The van der Waals surface area contributed by atoms with Crippen molar-refractivity contribution in [2.45, 2.75) is 25.8 Å². The first-order chi connectivity index (χ1) is 12.4. The quantitative estimate of drug-likeness (QED) is 0.435. The van der Waals surface area contributed by atoms with Crippen LogP contribution in [0, 0.1) is 10.1 Å². The lowest BCUT2D eigenvalue weighted by Crippen LogP contribution is -2.09. The average molecular weight is 358 g/mol. The van der Waals surface area contributed by atoms with Crippen LogP contribution in [0.15, 0.2) is 42.5 Å². The number of nitro groups is 1. The third kappa shape index (κ3) is 5.30. The number of non-ortho nitro benzene ring substituents is 1. The second-order valence-corrected chi connectivity index (χ2v) is 5.73. The number of hydrogen-bond acceptors (Lipinski definition) is 5. The Morgan fingerprint density at radius 3 is 2.38 bits per heavy atom. The zero-order valence-electron chi connectivity index (χ0n) is 13.8. The molecule has 0 unspecified atom stereocenters. The Morgan fingerprint density at radius 1 is 1.04 bits per heavy atom. The summed E-state index contributed by atoms with van der Waals surface area (Å²) in [6.07, 6.45) is 3.58. The molecule has 8 nitrogen and oxygen atoms in total. The summed E-state index contributed by atoms with van der Waals surface area (Å²) in [5.74, 6) is -3.65. The summed E-state index contributed by atoms with van der Waals surface area (Å²) in [4.78, 5) is 28.6. The normalized spacial score (nSPS) is 11.7.